The van der Waals surface area contributed by atoms with E-state index in [1.54, 1.807) is 30.5 Å². The van der Waals surface area contributed by atoms with Crippen LogP contribution < -0.4 is 15.6 Å². The van der Waals surface area contributed by atoms with Crippen LogP contribution >= 0.6 is 0 Å². The third-order valence-electron chi connectivity index (χ3n) is 5.30. The highest BCUT2D eigenvalue weighted by atomic mass is 19.4. The number of rotatable bonds is 10. The van der Waals surface area contributed by atoms with Crippen LogP contribution in [0.4, 0.5) is 40.7 Å². The topological polar surface area (TPSA) is 65.4 Å². The molecule has 0 aliphatic carbocycles. The minimum atomic E-state index is -4.40. The van der Waals surface area contributed by atoms with Crippen molar-refractivity contribution in [2.75, 3.05) is 28.7 Å². The van der Waals surface area contributed by atoms with Gasteiger partial charge in [-0.05, 0) is 61.7 Å². The lowest BCUT2D eigenvalue weighted by Gasteiger charge is -2.22. The normalized spacial score (nSPS) is 11.6. The van der Waals surface area contributed by atoms with Gasteiger partial charge in [0, 0.05) is 24.5 Å². The second-order valence-corrected chi connectivity index (χ2v) is 7.94. The molecule has 0 unspecified atom stereocenters. The van der Waals surface area contributed by atoms with E-state index >= 15 is 0 Å². The number of hydrogen-bond acceptors (Lipinski definition) is 6. The van der Waals surface area contributed by atoms with Gasteiger partial charge in [-0.2, -0.15) is 23.3 Å². The molecule has 2 aromatic carbocycles. The Labute approximate surface area is 202 Å². The van der Waals surface area contributed by atoms with Gasteiger partial charge in [-0.1, -0.05) is 25.5 Å². The Bertz CT molecular complexity index is 1160. The number of hydrazone groups is 1. The van der Waals surface area contributed by atoms with Gasteiger partial charge in [0.1, 0.15) is 0 Å². The Balaban J connectivity index is 1.68. The van der Waals surface area contributed by atoms with Crippen LogP contribution in [0.1, 0.15) is 43.4 Å². The number of alkyl halides is 3. The van der Waals surface area contributed by atoms with Crippen molar-refractivity contribution in [3.05, 3.63) is 71.2 Å². The van der Waals surface area contributed by atoms with E-state index in [4.69, 9.17) is 0 Å². The molecule has 6 nitrogen and oxygen atoms in total. The molecule has 0 saturated carbocycles. The number of anilines is 4. The van der Waals surface area contributed by atoms with Crippen LogP contribution in [0, 0.1) is 12.7 Å². The molecular weight excluding hydrogens is 460 g/mol. The van der Waals surface area contributed by atoms with Gasteiger partial charge in [-0.15, -0.1) is 0 Å². The monoisotopic (exact) mass is 488 g/mol. The average molecular weight is 489 g/mol. The number of halogens is 4. The fourth-order valence-electron chi connectivity index (χ4n) is 3.39. The van der Waals surface area contributed by atoms with Gasteiger partial charge in [-0.25, -0.2) is 14.8 Å². The number of aryl methyl sites for hydroxylation is 1. The molecule has 0 amide bonds. The number of aromatic nitrogens is 2. The Morgan fingerprint density at radius 3 is 2.54 bits per heavy atom. The van der Waals surface area contributed by atoms with E-state index in [0.29, 0.717) is 24.5 Å². The van der Waals surface area contributed by atoms with E-state index in [9.17, 15) is 17.6 Å². The molecule has 0 spiro atoms. The minimum absolute atomic E-state index is 0.174. The predicted octanol–water partition coefficient (Wildman–Crippen LogP) is 6.76. The summed E-state index contributed by atoms with van der Waals surface area (Å²) in [7, 11) is 0. The van der Waals surface area contributed by atoms with Crippen molar-refractivity contribution in [2.45, 2.75) is 39.8 Å². The van der Waals surface area contributed by atoms with Crippen LogP contribution in [0.3, 0.4) is 0 Å². The van der Waals surface area contributed by atoms with E-state index in [0.717, 1.165) is 42.3 Å². The zero-order valence-corrected chi connectivity index (χ0v) is 19.8. The Hall–Kier alpha value is -3.69. The van der Waals surface area contributed by atoms with Gasteiger partial charge in [-0.3, -0.25) is 0 Å². The molecule has 0 bridgehead atoms. The first-order valence-electron chi connectivity index (χ1n) is 11.3. The van der Waals surface area contributed by atoms with Crippen molar-refractivity contribution in [3.63, 3.8) is 0 Å². The maximum absolute atomic E-state index is 14.3. The third-order valence-corrected chi connectivity index (χ3v) is 5.30. The number of unbranched alkanes of at least 4 members (excludes halogenated alkanes) is 1. The lowest BCUT2D eigenvalue weighted by molar-refractivity contribution is -0.137. The minimum Gasteiger partial charge on any atom is -0.356 e. The molecule has 1 aromatic heterocycles. The second kappa shape index (κ2) is 11.6. The molecular formula is C25H28F4N6. The maximum Gasteiger partial charge on any atom is 0.416 e. The molecule has 35 heavy (non-hydrogen) atoms. The first-order chi connectivity index (χ1) is 16.7. The lowest BCUT2D eigenvalue weighted by Crippen LogP contribution is -2.26. The number of nitrogens with one attached hydrogen (secondary N) is 2. The zero-order valence-electron chi connectivity index (χ0n) is 19.8. The number of benzene rings is 2. The Morgan fingerprint density at radius 2 is 1.86 bits per heavy atom. The molecule has 0 radical (unpaired) electrons. The summed E-state index contributed by atoms with van der Waals surface area (Å²) in [5.41, 5.74) is 4.63. The van der Waals surface area contributed by atoms with Crippen LogP contribution in [0.2, 0.25) is 0 Å². The van der Waals surface area contributed by atoms with Crippen molar-refractivity contribution in [1.82, 2.24) is 9.97 Å². The van der Waals surface area contributed by atoms with E-state index in [1.165, 1.54) is 6.07 Å². The molecule has 0 aliphatic rings. The summed E-state index contributed by atoms with van der Waals surface area (Å²) in [5, 5.41) is 7.14. The largest absolute Gasteiger partial charge is 0.416 e. The fourth-order valence-corrected chi connectivity index (χ4v) is 3.39. The fraction of sp³-hybridized carbons (Fsp3) is 0.320. The summed E-state index contributed by atoms with van der Waals surface area (Å²) in [6.45, 7) is 7.19. The maximum atomic E-state index is 14.3. The van der Waals surface area contributed by atoms with Gasteiger partial charge in [0.05, 0.1) is 18.0 Å². The van der Waals surface area contributed by atoms with E-state index in [2.05, 4.69) is 32.7 Å². The zero-order chi connectivity index (χ0) is 25.4. The van der Waals surface area contributed by atoms with Crippen molar-refractivity contribution < 1.29 is 17.6 Å². The Morgan fingerprint density at radius 1 is 1.09 bits per heavy atom. The van der Waals surface area contributed by atoms with Crippen LogP contribution in [0.5, 0.6) is 0 Å². The van der Waals surface area contributed by atoms with Gasteiger partial charge in [0.15, 0.2) is 11.6 Å². The number of nitrogens with zero attached hydrogens (tertiary/aromatic N) is 4. The summed E-state index contributed by atoms with van der Waals surface area (Å²) in [6.07, 6.45) is 0.210. The molecule has 186 valence electrons. The van der Waals surface area contributed by atoms with Gasteiger partial charge in [0.2, 0.25) is 5.95 Å². The first kappa shape index (κ1) is 25.9. The molecule has 10 heteroatoms. The summed E-state index contributed by atoms with van der Waals surface area (Å²) >= 11 is 0. The SMILES string of the molecule is CCCCN(CC)c1nc(N/N=C/c2ccc(Nc3cccc(C(F)(F)F)c3)cc2C)ncc1F. The molecule has 1 heterocycles. The smallest absolute Gasteiger partial charge is 0.356 e. The van der Waals surface area contributed by atoms with Gasteiger partial charge >= 0.3 is 6.18 Å². The molecule has 0 saturated heterocycles. The molecule has 0 aliphatic heterocycles. The highest BCUT2D eigenvalue weighted by molar-refractivity contribution is 5.83. The van der Waals surface area contributed by atoms with E-state index < -0.39 is 17.6 Å². The van der Waals surface area contributed by atoms with Gasteiger partial charge < -0.3 is 10.2 Å². The molecule has 3 aromatic rings. The second-order valence-electron chi connectivity index (χ2n) is 7.94. The molecule has 3 rings (SSSR count). The summed E-state index contributed by atoms with van der Waals surface area (Å²) < 4.78 is 53.1. The van der Waals surface area contributed by atoms with Crippen LogP contribution in [-0.2, 0) is 6.18 Å². The quantitative estimate of drug-likeness (QED) is 0.188. The Kier molecular flexibility index (Phi) is 8.62. The van der Waals surface area contributed by atoms with Crippen LogP contribution in [-0.4, -0.2) is 29.3 Å². The van der Waals surface area contributed by atoms with Crippen molar-refractivity contribution in [1.29, 1.82) is 0 Å². The molecule has 2 N–H and O–H groups in total. The van der Waals surface area contributed by atoms with E-state index in [1.807, 2.05) is 18.7 Å². The summed E-state index contributed by atoms with van der Waals surface area (Å²) in [4.78, 5) is 10.1. The number of hydrogen-bond donors (Lipinski definition) is 2. The van der Waals surface area contributed by atoms with Gasteiger partial charge in [0.25, 0.3) is 0 Å². The first-order valence-corrected chi connectivity index (χ1v) is 11.3. The van der Waals surface area contributed by atoms with Crippen LogP contribution in [0.15, 0.2) is 53.8 Å². The highest BCUT2D eigenvalue weighted by Gasteiger charge is 2.30. The van der Waals surface area contributed by atoms with Crippen molar-refractivity contribution in [3.8, 4) is 0 Å². The third kappa shape index (κ3) is 7.14. The summed E-state index contributed by atoms with van der Waals surface area (Å²) in [6, 6.07) is 10.4. The van der Waals surface area contributed by atoms with Crippen LogP contribution in [0.25, 0.3) is 0 Å². The van der Waals surface area contributed by atoms with Crippen molar-refractivity contribution >= 4 is 29.4 Å². The molecule has 0 atom stereocenters. The average Bonchev–Trinajstić information content (AvgIpc) is 2.82. The highest BCUT2D eigenvalue weighted by Crippen LogP contribution is 2.31. The predicted molar refractivity (Wildman–Crippen MR) is 132 cm³/mol. The molecule has 0 fully saturated rings. The standard InChI is InChI=1S/C25H28F4N6/c1-4-6-12-35(5-2)23-22(26)16-30-24(33-23)34-31-15-18-10-11-21(13-17(18)3)32-20-9-7-8-19(14-20)25(27,28)29/h7-11,13-16,32H,4-6,12H2,1-3H3,(H,30,33,34)/b31-15+. The van der Waals surface area contributed by atoms with E-state index in [-0.39, 0.29) is 11.8 Å². The lowest BCUT2D eigenvalue weighted by atomic mass is 10.1. The summed E-state index contributed by atoms with van der Waals surface area (Å²) in [5.74, 6) is -0.0832. The van der Waals surface area contributed by atoms with Crippen molar-refractivity contribution in [2.24, 2.45) is 5.10 Å².